The molecule has 72 valence electrons. The van der Waals surface area contributed by atoms with Gasteiger partial charge in [0.05, 0.1) is 6.61 Å². The average molecular weight is 195 g/mol. The van der Waals surface area contributed by atoms with Crippen LogP contribution in [0.2, 0.25) is 0 Å². The van der Waals surface area contributed by atoms with Gasteiger partial charge in [0, 0.05) is 12.8 Å². The zero-order valence-corrected chi connectivity index (χ0v) is 8.64. The molecule has 0 fully saturated rings. The standard InChI is InChI=1S/C4H7ClO.C4H8O2/c1-3(2)4(5)6;1-3-6-4(2)5/h3H,1-2H3;3H2,1-2H3. The van der Waals surface area contributed by atoms with Gasteiger partial charge in [0.1, 0.15) is 0 Å². The van der Waals surface area contributed by atoms with Crippen LogP contribution in [0.5, 0.6) is 0 Å². The first-order chi connectivity index (χ1) is 5.41. The molecule has 0 radical (unpaired) electrons. The van der Waals surface area contributed by atoms with Crippen LogP contribution in [0.1, 0.15) is 27.7 Å². The molecule has 0 N–H and O–H groups in total. The monoisotopic (exact) mass is 194 g/mol. The second-order valence-electron chi connectivity index (χ2n) is 2.38. The molecule has 0 bridgehead atoms. The van der Waals surface area contributed by atoms with Crippen molar-refractivity contribution in [1.29, 1.82) is 0 Å². The van der Waals surface area contributed by atoms with Gasteiger partial charge in [-0.1, -0.05) is 13.8 Å². The van der Waals surface area contributed by atoms with E-state index in [0.717, 1.165) is 0 Å². The topological polar surface area (TPSA) is 43.4 Å². The van der Waals surface area contributed by atoms with Gasteiger partial charge >= 0.3 is 5.97 Å². The van der Waals surface area contributed by atoms with Gasteiger partial charge in [0.2, 0.25) is 5.24 Å². The second-order valence-corrected chi connectivity index (χ2v) is 2.76. The first-order valence-electron chi connectivity index (χ1n) is 3.74. The van der Waals surface area contributed by atoms with E-state index >= 15 is 0 Å². The van der Waals surface area contributed by atoms with E-state index in [2.05, 4.69) is 4.74 Å². The smallest absolute Gasteiger partial charge is 0.302 e. The molecule has 0 heterocycles. The van der Waals surface area contributed by atoms with Gasteiger partial charge in [-0.3, -0.25) is 9.59 Å². The number of carbonyl (C=O) groups excluding carboxylic acids is 2. The first kappa shape index (κ1) is 14.0. The molecule has 0 saturated carbocycles. The molecule has 0 aromatic carbocycles. The Bertz CT molecular complexity index is 143. The Morgan fingerprint density at radius 3 is 1.75 bits per heavy atom. The number of carbonyl (C=O) groups is 2. The van der Waals surface area contributed by atoms with Crippen LogP contribution >= 0.6 is 11.6 Å². The van der Waals surface area contributed by atoms with E-state index < -0.39 is 0 Å². The normalized spacial score (nSPS) is 8.50. The van der Waals surface area contributed by atoms with Gasteiger partial charge < -0.3 is 4.74 Å². The van der Waals surface area contributed by atoms with Gasteiger partial charge in [0.25, 0.3) is 0 Å². The van der Waals surface area contributed by atoms with Gasteiger partial charge in [-0.25, -0.2) is 0 Å². The molecule has 0 amide bonds. The second kappa shape index (κ2) is 8.53. The number of hydrogen-bond donors (Lipinski definition) is 0. The highest BCUT2D eigenvalue weighted by Crippen LogP contribution is 1.95. The van der Waals surface area contributed by atoms with E-state index in [1.165, 1.54) is 6.92 Å². The molecule has 3 nitrogen and oxygen atoms in total. The summed E-state index contributed by atoms with van der Waals surface area (Å²) in [4.78, 5) is 19.7. The summed E-state index contributed by atoms with van der Waals surface area (Å²) in [5, 5.41) is -0.269. The predicted molar refractivity (Wildman–Crippen MR) is 48.0 cm³/mol. The zero-order valence-electron chi connectivity index (χ0n) is 7.89. The number of esters is 1. The maximum absolute atomic E-state index is 9.91. The van der Waals surface area contributed by atoms with Crippen molar-refractivity contribution in [2.24, 2.45) is 5.92 Å². The van der Waals surface area contributed by atoms with Crippen LogP contribution in [0.15, 0.2) is 0 Å². The largest absolute Gasteiger partial charge is 0.466 e. The lowest BCUT2D eigenvalue weighted by Gasteiger charge is -1.89. The molecule has 0 rings (SSSR count). The SMILES string of the molecule is CC(C)C(=O)Cl.CCOC(C)=O. The Labute approximate surface area is 78.0 Å². The quantitative estimate of drug-likeness (QED) is 0.499. The number of hydrogen-bond acceptors (Lipinski definition) is 3. The van der Waals surface area contributed by atoms with Crippen molar-refractivity contribution in [3.8, 4) is 0 Å². The maximum Gasteiger partial charge on any atom is 0.302 e. The molecule has 12 heavy (non-hydrogen) atoms. The van der Waals surface area contributed by atoms with E-state index in [-0.39, 0.29) is 17.1 Å². The Hall–Kier alpha value is -0.570. The van der Waals surface area contributed by atoms with Crippen LogP contribution in [0, 0.1) is 5.92 Å². The van der Waals surface area contributed by atoms with Crippen molar-refractivity contribution in [3.63, 3.8) is 0 Å². The minimum absolute atomic E-state index is 0.0216. The van der Waals surface area contributed by atoms with E-state index in [1.54, 1.807) is 20.8 Å². The van der Waals surface area contributed by atoms with Gasteiger partial charge in [0.15, 0.2) is 0 Å². The Morgan fingerprint density at radius 1 is 1.42 bits per heavy atom. The third-order valence-electron chi connectivity index (χ3n) is 0.802. The maximum atomic E-state index is 9.91. The van der Waals surface area contributed by atoms with Crippen LogP contribution < -0.4 is 0 Å². The van der Waals surface area contributed by atoms with Crippen LogP contribution in [0.3, 0.4) is 0 Å². The van der Waals surface area contributed by atoms with Crippen LogP contribution in [-0.4, -0.2) is 17.8 Å². The minimum atomic E-state index is -0.269. The van der Waals surface area contributed by atoms with Crippen molar-refractivity contribution >= 4 is 22.8 Å². The highest BCUT2D eigenvalue weighted by molar-refractivity contribution is 6.63. The summed E-state index contributed by atoms with van der Waals surface area (Å²) in [6, 6.07) is 0. The fourth-order valence-electron chi connectivity index (χ4n) is 0.203. The highest BCUT2D eigenvalue weighted by atomic mass is 35.5. The van der Waals surface area contributed by atoms with Crippen molar-refractivity contribution in [2.75, 3.05) is 6.61 Å². The molecule has 4 heteroatoms. The van der Waals surface area contributed by atoms with Crippen molar-refractivity contribution in [1.82, 2.24) is 0 Å². The molecule has 0 saturated heterocycles. The summed E-state index contributed by atoms with van der Waals surface area (Å²) in [6.45, 7) is 7.17. The van der Waals surface area contributed by atoms with Crippen molar-refractivity contribution in [3.05, 3.63) is 0 Å². The number of halogens is 1. The minimum Gasteiger partial charge on any atom is -0.466 e. The molecule has 0 aliphatic rings. The van der Waals surface area contributed by atoms with Gasteiger partial charge in [-0.15, -0.1) is 0 Å². The lowest BCUT2D eigenvalue weighted by atomic mass is 10.3. The molecule has 0 aliphatic heterocycles. The van der Waals surface area contributed by atoms with Crippen molar-refractivity contribution < 1.29 is 14.3 Å². The Morgan fingerprint density at radius 2 is 1.75 bits per heavy atom. The summed E-state index contributed by atoms with van der Waals surface area (Å²) in [5.41, 5.74) is 0. The van der Waals surface area contributed by atoms with Gasteiger partial charge in [-0.05, 0) is 18.5 Å². The summed E-state index contributed by atoms with van der Waals surface area (Å²) in [5.74, 6) is -0.232. The molecule has 0 aromatic rings. The Balaban J connectivity index is 0. The summed E-state index contributed by atoms with van der Waals surface area (Å²) in [7, 11) is 0. The fraction of sp³-hybridized carbons (Fsp3) is 0.750. The van der Waals surface area contributed by atoms with E-state index in [1.807, 2.05) is 0 Å². The molecule has 0 aromatic heterocycles. The molecular weight excluding hydrogens is 180 g/mol. The van der Waals surface area contributed by atoms with E-state index in [0.29, 0.717) is 6.61 Å². The van der Waals surface area contributed by atoms with Crippen LogP contribution in [-0.2, 0) is 14.3 Å². The zero-order chi connectivity index (χ0) is 10.1. The highest BCUT2D eigenvalue weighted by Gasteiger charge is 1.98. The third kappa shape index (κ3) is 16.2. The predicted octanol–water partition coefficient (Wildman–Crippen LogP) is 1.98. The Kier molecular flexibility index (Phi) is 9.93. The van der Waals surface area contributed by atoms with E-state index in [4.69, 9.17) is 11.6 Å². The lowest BCUT2D eigenvalue weighted by Crippen LogP contribution is -1.95. The molecule has 0 aliphatic carbocycles. The van der Waals surface area contributed by atoms with Crippen LogP contribution in [0.25, 0.3) is 0 Å². The third-order valence-corrected chi connectivity index (χ3v) is 1.24. The number of rotatable bonds is 2. The average Bonchev–Trinajstić information content (AvgIpc) is 1.87. The molecule has 0 spiro atoms. The molecular formula is C8H15ClO3. The summed E-state index contributed by atoms with van der Waals surface area (Å²) >= 11 is 4.97. The van der Waals surface area contributed by atoms with Crippen molar-refractivity contribution in [2.45, 2.75) is 27.7 Å². The summed E-state index contributed by atoms with van der Waals surface area (Å²) < 4.78 is 4.40. The lowest BCUT2D eigenvalue weighted by molar-refractivity contribution is -0.140. The fourth-order valence-corrected chi connectivity index (χ4v) is 0.203. The molecule has 0 unspecified atom stereocenters. The number of ether oxygens (including phenoxy) is 1. The van der Waals surface area contributed by atoms with Gasteiger partial charge in [-0.2, -0.15) is 0 Å². The first-order valence-corrected chi connectivity index (χ1v) is 4.12. The molecule has 0 atom stereocenters. The van der Waals surface area contributed by atoms with Crippen LogP contribution in [0.4, 0.5) is 0 Å². The van der Waals surface area contributed by atoms with E-state index in [9.17, 15) is 9.59 Å². The summed E-state index contributed by atoms with van der Waals surface area (Å²) in [6.07, 6.45) is 0.